The number of pyridine rings is 1. The lowest BCUT2D eigenvalue weighted by Gasteiger charge is -2.16. The number of nitrogens with one attached hydrogen (secondary N) is 1. The summed E-state index contributed by atoms with van der Waals surface area (Å²) in [7, 11) is 0. The molecule has 0 bridgehead atoms. The van der Waals surface area contributed by atoms with Crippen molar-refractivity contribution in [2.24, 2.45) is 5.84 Å². The molecule has 1 aromatic heterocycles. The summed E-state index contributed by atoms with van der Waals surface area (Å²) in [6, 6.07) is 10.8. The molecule has 0 saturated carbocycles. The first-order chi connectivity index (χ1) is 7.81. The lowest BCUT2D eigenvalue weighted by molar-refractivity contribution is 0.598. The van der Waals surface area contributed by atoms with Crippen LogP contribution in [0.2, 0.25) is 0 Å². The van der Waals surface area contributed by atoms with Gasteiger partial charge < -0.3 is 0 Å². The molecule has 0 aliphatic carbocycles. The van der Waals surface area contributed by atoms with E-state index in [0.29, 0.717) is 5.56 Å². The van der Waals surface area contributed by atoms with Crippen LogP contribution in [0.4, 0.5) is 4.39 Å². The van der Waals surface area contributed by atoms with Gasteiger partial charge in [-0.3, -0.25) is 10.8 Å². The molecule has 3 N–H and O–H groups in total. The highest BCUT2D eigenvalue weighted by atomic mass is 19.1. The van der Waals surface area contributed by atoms with Crippen LogP contribution in [-0.4, -0.2) is 4.98 Å². The number of nitrogens with zero attached hydrogens (tertiary/aromatic N) is 1. The minimum absolute atomic E-state index is 0.246. The lowest BCUT2D eigenvalue weighted by Crippen LogP contribution is -2.28. The third-order valence-corrected chi connectivity index (χ3v) is 2.36. The standard InChI is InChI=1S/C12H12FN3/c13-11-6-10(7-15-8-11)12(16-14)9-4-2-1-3-5-9/h1-8,12,16H,14H2. The monoisotopic (exact) mass is 217 g/mol. The van der Waals surface area contributed by atoms with E-state index in [2.05, 4.69) is 10.4 Å². The fourth-order valence-corrected chi connectivity index (χ4v) is 1.62. The number of rotatable bonds is 3. The predicted octanol–water partition coefficient (Wildman–Crippen LogP) is 1.77. The summed E-state index contributed by atoms with van der Waals surface area (Å²) in [5, 5.41) is 0. The van der Waals surface area contributed by atoms with Gasteiger partial charge in [-0.05, 0) is 17.2 Å². The molecule has 2 rings (SSSR count). The molecule has 1 aromatic carbocycles. The maximum atomic E-state index is 13.0. The van der Waals surface area contributed by atoms with Gasteiger partial charge in [0.15, 0.2) is 0 Å². The van der Waals surface area contributed by atoms with Gasteiger partial charge in [0.2, 0.25) is 0 Å². The SMILES string of the molecule is NNC(c1ccccc1)c1cncc(F)c1. The van der Waals surface area contributed by atoms with Crippen molar-refractivity contribution in [1.82, 2.24) is 10.4 Å². The smallest absolute Gasteiger partial charge is 0.141 e. The van der Waals surface area contributed by atoms with Crippen LogP contribution in [-0.2, 0) is 0 Å². The number of halogens is 1. The van der Waals surface area contributed by atoms with Crippen LogP contribution in [0.5, 0.6) is 0 Å². The fraction of sp³-hybridized carbons (Fsp3) is 0.0833. The molecular weight excluding hydrogens is 205 g/mol. The summed E-state index contributed by atoms with van der Waals surface area (Å²) in [6.07, 6.45) is 2.77. The van der Waals surface area contributed by atoms with Gasteiger partial charge >= 0.3 is 0 Å². The summed E-state index contributed by atoms with van der Waals surface area (Å²) in [5.41, 5.74) is 4.33. The van der Waals surface area contributed by atoms with E-state index in [-0.39, 0.29) is 11.9 Å². The Balaban J connectivity index is 2.37. The predicted molar refractivity (Wildman–Crippen MR) is 59.8 cm³/mol. The van der Waals surface area contributed by atoms with E-state index in [1.165, 1.54) is 12.3 Å². The molecule has 0 amide bonds. The number of aromatic nitrogens is 1. The molecule has 2 aromatic rings. The van der Waals surface area contributed by atoms with Crippen LogP contribution < -0.4 is 11.3 Å². The van der Waals surface area contributed by atoms with E-state index in [1.54, 1.807) is 6.20 Å². The topological polar surface area (TPSA) is 50.9 Å². The fourth-order valence-electron chi connectivity index (χ4n) is 1.62. The quantitative estimate of drug-likeness (QED) is 0.608. The van der Waals surface area contributed by atoms with Crippen molar-refractivity contribution in [3.05, 3.63) is 65.7 Å². The van der Waals surface area contributed by atoms with Gasteiger partial charge in [0.1, 0.15) is 5.82 Å². The van der Waals surface area contributed by atoms with Crippen molar-refractivity contribution in [3.63, 3.8) is 0 Å². The largest absolute Gasteiger partial charge is 0.271 e. The van der Waals surface area contributed by atoms with Crippen molar-refractivity contribution in [2.45, 2.75) is 6.04 Å². The van der Waals surface area contributed by atoms with Crippen molar-refractivity contribution in [3.8, 4) is 0 Å². The number of nitrogens with two attached hydrogens (primary N) is 1. The minimum Gasteiger partial charge on any atom is -0.271 e. The van der Waals surface area contributed by atoms with Crippen LogP contribution in [0.3, 0.4) is 0 Å². The van der Waals surface area contributed by atoms with E-state index < -0.39 is 0 Å². The first kappa shape index (κ1) is 10.7. The normalized spacial score (nSPS) is 12.4. The molecule has 16 heavy (non-hydrogen) atoms. The summed E-state index contributed by atoms with van der Waals surface area (Å²) in [4.78, 5) is 3.81. The van der Waals surface area contributed by atoms with Crippen molar-refractivity contribution in [2.75, 3.05) is 0 Å². The zero-order chi connectivity index (χ0) is 11.4. The molecule has 0 radical (unpaired) electrons. The van der Waals surface area contributed by atoms with Crippen LogP contribution in [0.25, 0.3) is 0 Å². The highest BCUT2D eigenvalue weighted by Gasteiger charge is 2.12. The first-order valence-corrected chi connectivity index (χ1v) is 4.93. The molecule has 3 nitrogen and oxygen atoms in total. The molecule has 1 unspecified atom stereocenters. The molecule has 0 saturated heterocycles. The number of hydrogen-bond acceptors (Lipinski definition) is 3. The molecule has 1 atom stereocenters. The average Bonchev–Trinajstić information content (AvgIpc) is 2.31. The van der Waals surface area contributed by atoms with Crippen LogP contribution >= 0.6 is 0 Å². The Morgan fingerprint density at radius 2 is 1.88 bits per heavy atom. The maximum Gasteiger partial charge on any atom is 0.141 e. The molecule has 4 heteroatoms. The van der Waals surface area contributed by atoms with E-state index >= 15 is 0 Å². The summed E-state index contributed by atoms with van der Waals surface area (Å²) >= 11 is 0. The Bertz CT molecular complexity index is 459. The van der Waals surface area contributed by atoms with Gasteiger partial charge in [0.05, 0.1) is 12.2 Å². The summed E-state index contributed by atoms with van der Waals surface area (Å²) < 4.78 is 13.0. The highest BCUT2D eigenvalue weighted by Crippen LogP contribution is 2.20. The average molecular weight is 217 g/mol. The Hall–Kier alpha value is -1.78. The Morgan fingerprint density at radius 1 is 1.12 bits per heavy atom. The van der Waals surface area contributed by atoms with Crippen LogP contribution in [0, 0.1) is 5.82 Å². The summed E-state index contributed by atoms with van der Waals surface area (Å²) in [6.45, 7) is 0. The van der Waals surface area contributed by atoms with Crippen LogP contribution in [0.1, 0.15) is 17.2 Å². The molecule has 82 valence electrons. The van der Waals surface area contributed by atoms with Crippen molar-refractivity contribution >= 4 is 0 Å². The van der Waals surface area contributed by atoms with Gasteiger partial charge in [0, 0.05) is 6.20 Å². The molecular formula is C12H12FN3. The second-order valence-corrected chi connectivity index (χ2v) is 3.45. The molecule has 0 aliphatic heterocycles. The van der Waals surface area contributed by atoms with Crippen molar-refractivity contribution in [1.29, 1.82) is 0 Å². The van der Waals surface area contributed by atoms with E-state index in [9.17, 15) is 4.39 Å². The van der Waals surface area contributed by atoms with Gasteiger partial charge in [-0.1, -0.05) is 30.3 Å². The third kappa shape index (κ3) is 2.24. The Labute approximate surface area is 93.1 Å². The number of hydrogen-bond donors (Lipinski definition) is 2. The van der Waals surface area contributed by atoms with Gasteiger partial charge in [-0.25, -0.2) is 9.82 Å². The second-order valence-electron chi connectivity index (χ2n) is 3.45. The molecule has 1 heterocycles. The zero-order valence-corrected chi connectivity index (χ0v) is 8.60. The van der Waals surface area contributed by atoms with E-state index in [0.717, 1.165) is 5.56 Å². The molecule has 0 spiro atoms. The Morgan fingerprint density at radius 3 is 2.50 bits per heavy atom. The summed E-state index contributed by atoms with van der Waals surface area (Å²) in [5.74, 6) is 5.12. The minimum atomic E-state index is -0.367. The maximum absolute atomic E-state index is 13.0. The zero-order valence-electron chi connectivity index (χ0n) is 8.60. The van der Waals surface area contributed by atoms with Gasteiger partial charge in [-0.15, -0.1) is 0 Å². The number of benzene rings is 1. The lowest BCUT2D eigenvalue weighted by atomic mass is 10.0. The van der Waals surface area contributed by atoms with Gasteiger partial charge in [-0.2, -0.15) is 0 Å². The third-order valence-electron chi connectivity index (χ3n) is 2.36. The molecule has 0 fully saturated rings. The Kier molecular flexibility index (Phi) is 3.24. The highest BCUT2D eigenvalue weighted by molar-refractivity contribution is 5.29. The van der Waals surface area contributed by atoms with Gasteiger partial charge in [0.25, 0.3) is 0 Å². The second kappa shape index (κ2) is 4.83. The van der Waals surface area contributed by atoms with E-state index in [4.69, 9.17) is 5.84 Å². The van der Waals surface area contributed by atoms with E-state index in [1.807, 2.05) is 30.3 Å². The van der Waals surface area contributed by atoms with Crippen LogP contribution in [0.15, 0.2) is 48.8 Å². The molecule has 0 aliphatic rings. The first-order valence-electron chi connectivity index (χ1n) is 4.93. The van der Waals surface area contributed by atoms with Crippen molar-refractivity contribution < 1.29 is 4.39 Å². The number of hydrazine groups is 1.